The number of benzene rings is 1. The van der Waals surface area contributed by atoms with E-state index in [-0.39, 0.29) is 0 Å². The topological polar surface area (TPSA) is 12.0 Å². The number of aryl methyl sites for hydroxylation is 1. The van der Waals surface area contributed by atoms with Gasteiger partial charge in [-0.3, -0.25) is 0 Å². The first-order valence-corrected chi connectivity index (χ1v) is 12.1. The van der Waals surface area contributed by atoms with E-state index in [1.807, 2.05) is 27.7 Å². The summed E-state index contributed by atoms with van der Waals surface area (Å²) in [4.78, 5) is 0. The van der Waals surface area contributed by atoms with Gasteiger partial charge in [0.05, 0.1) is 0 Å². The quantitative estimate of drug-likeness (QED) is 0.432. The van der Waals surface area contributed by atoms with E-state index in [1.54, 1.807) is 6.08 Å². The van der Waals surface area contributed by atoms with Crippen molar-refractivity contribution in [2.75, 3.05) is 6.54 Å². The molecular formula is C30H50FN. The summed E-state index contributed by atoms with van der Waals surface area (Å²) in [7, 11) is 0. The van der Waals surface area contributed by atoms with Crippen LogP contribution in [0.3, 0.4) is 0 Å². The molecule has 0 amide bonds. The minimum atomic E-state index is -0.744. The maximum Gasteiger partial charge on any atom is 0.104 e. The van der Waals surface area contributed by atoms with E-state index >= 15 is 0 Å². The van der Waals surface area contributed by atoms with Crippen LogP contribution in [0.25, 0.3) is 0 Å². The number of hydrogen-bond donors (Lipinski definition) is 1. The third-order valence-electron chi connectivity index (χ3n) is 5.23. The van der Waals surface area contributed by atoms with Crippen molar-refractivity contribution >= 4 is 0 Å². The first-order valence-electron chi connectivity index (χ1n) is 12.1. The highest BCUT2D eigenvalue weighted by Gasteiger charge is 2.20. The average Bonchev–Trinajstić information content (AvgIpc) is 2.76. The van der Waals surface area contributed by atoms with E-state index in [0.29, 0.717) is 24.8 Å². The summed E-state index contributed by atoms with van der Waals surface area (Å²) in [6, 6.07) is 9.04. The summed E-state index contributed by atoms with van der Waals surface area (Å²) in [5.41, 5.74) is 7.37. The summed E-state index contributed by atoms with van der Waals surface area (Å²) in [5.74, 6) is 0.653. The molecule has 2 rings (SSSR count). The van der Waals surface area contributed by atoms with Gasteiger partial charge in [0, 0.05) is 12.5 Å². The molecule has 0 spiro atoms. The Kier molecular flexibility index (Phi) is 18.8. The highest BCUT2D eigenvalue weighted by Crippen LogP contribution is 2.27. The molecule has 0 saturated heterocycles. The van der Waals surface area contributed by atoms with Crippen LogP contribution >= 0.6 is 0 Å². The fraction of sp³-hybridized carbons (Fsp3) is 0.533. The Labute approximate surface area is 199 Å². The van der Waals surface area contributed by atoms with Crippen LogP contribution in [-0.2, 0) is 0 Å². The van der Waals surface area contributed by atoms with Gasteiger partial charge in [-0.2, -0.15) is 0 Å². The monoisotopic (exact) mass is 443 g/mol. The van der Waals surface area contributed by atoms with Crippen LogP contribution in [-0.4, -0.2) is 18.8 Å². The molecule has 1 nitrogen and oxygen atoms in total. The Morgan fingerprint density at radius 2 is 1.66 bits per heavy atom. The van der Waals surface area contributed by atoms with Crippen LogP contribution < -0.4 is 5.32 Å². The van der Waals surface area contributed by atoms with E-state index in [2.05, 4.69) is 83.9 Å². The number of alkyl halides is 1. The molecule has 1 heterocycles. The maximum absolute atomic E-state index is 13.3. The highest BCUT2D eigenvalue weighted by molar-refractivity contribution is 5.38. The molecule has 1 aliphatic rings. The van der Waals surface area contributed by atoms with E-state index in [1.165, 1.54) is 22.3 Å². The zero-order valence-electron chi connectivity index (χ0n) is 22.4. The first kappa shape index (κ1) is 32.3. The van der Waals surface area contributed by atoms with Crippen molar-refractivity contribution < 1.29 is 4.39 Å². The molecule has 2 heteroatoms. The predicted molar refractivity (Wildman–Crippen MR) is 145 cm³/mol. The number of rotatable bonds is 6. The molecule has 2 unspecified atom stereocenters. The summed E-state index contributed by atoms with van der Waals surface area (Å²) in [6.45, 7) is 30.7. The second kappa shape index (κ2) is 18.6. The molecule has 0 radical (unpaired) electrons. The van der Waals surface area contributed by atoms with Crippen LogP contribution in [0, 0.1) is 6.92 Å². The summed E-state index contributed by atoms with van der Waals surface area (Å²) < 4.78 is 13.3. The third kappa shape index (κ3) is 14.2. The van der Waals surface area contributed by atoms with Crippen LogP contribution in [0.15, 0.2) is 72.4 Å². The van der Waals surface area contributed by atoms with Crippen LogP contribution in [0.4, 0.5) is 4.39 Å². The van der Waals surface area contributed by atoms with Gasteiger partial charge in [0.2, 0.25) is 0 Å². The standard InChI is InChI=1S/C13H22FN.C10H14.C5H8.C2H6/c1-5-12(14)8-10(3)13-9(2)6-7-15-11(13)4;1-8(2)10-6-4-9(3)5-7-10;1-4-5(2)3;1-2/h11-12,15H,3,5-8H2,1-2,4H3;4-8H,1-3H3;4H,1-2H2,3H3;1-2H3. The Morgan fingerprint density at radius 3 is 2.03 bits per heavy atom. The second-order valence-corrected chi connectivity index (χ2v) is 8.55. The van der Waals surface area contributed by atoms with E-state index in [4.69, 9.17) is 0 Å². The van der Waals surface area contributed by atoms with Gasteiger partial charge in [-0.05, 0) is 69.7 Å². The molecule has 1 aromatic rings. The molecule has 0 aromatic heterocycles. The Bertz CT molecular complexity index is 694. The number of hydrogen-bond acceptors (Lipinski definition) is 1. The minimum absolute atomic E-state index is 0.329. The predicted octanol–water partition coefficient (Wildman–Crippen LogP) is 9.27. The van der Waals surface area contributed by atoms with Crippen molar-refractivity contribution in [1.82, 2.24) is 5.32 Å². The minimum Gasteiger partial charge on any atom is -0.310 e. The summed E-state index contributed by atoms with van der Waals surface area (Å²) in [5, 5.41) is 3.39. The van der Waals surface area contributed by atoms with Crippen LogP contribution in [0.2, 0.25) is 0 Å². The van der Waals surface area contributed by atoms with Crippen molar-refractivity contribution in [1.29, 1.82) is 0 Å². The van der Waals surface area contributed by atoms with Crippen molar-refractivity contribution in [3.05, 3.63) is 83.5 Å². The van der Waals surface area contributed by atoms with E-state index in [0.717, 1.165) is 24.1 Å². The number of nitrogens with one attached hydrogen (secondary N) is 1. The van der Waals surface area contributed by atoms with Gasteiger partial charge >= 0.3 is 0 Å². The van der Waals surface area contributed by atoms with Gasteiger partial charge in [-0.1, -0.05) is 101 Å². The zero-order valence-corrected chi connectivity index (χ0v) is 22.4. The Hall–Kier alpha value is -1.93. The van der Waals surface area contributed by atoms with Gasteiger partial charge in [0.1, 0.15) is 6.17 Å². The lowest BCUT2D eigenvalue weighted by molar-refractivity contribution is 0.322. The summed E-state index contributed by atoms with van der Waals surface area (Å²) in [6.07, 6.45) is 3.09. The molecule has 0 bridgehead atoms. The van der Waals surface area contributed by atoms with E-state index in [9.17, 15) is 4.39 Å². The van der Waals surface area contributed by atoms with Crippen molar-refractivity contribution in [2.45, 2.75) is 99.7 Å². The lowest BCUT2D eigenvalue weighted by Gasteiger charge is -2.28. The Balaban J connectivity index is 0. The summed E-state index contributed by atoms with van der Waals surface area (Å²) >= 11 is 0. The van der Waals surface area contributed by atoms with Gasteiger partial charge in [-0.25, -0.2) is 4.39 Å². The molecule has 182 valence electrons. The zero-order chi connectivity index (χ0) is 25.3. The van der Waals surface area contributed by atoms with Gasteiger partial charge in [0.15, 0.2) is 0 Å². The van der Waals surface area contributed by atoms with Gasteiger partial charge in [0.25, 0.3) is 0 Å². The third-order valence-corrected chi connectivity index (χ3v) is 5.23. The van der Waals surface area contributed by atoms with Crippen LogP contribution in [0.5, 0.6) is 0 Å². The Morgan fingerprint density at radius 1 is 1.16 bits per heavy atom. The van der Waals surface area contributed by atoms with Crippen LogP contribution in [0.1, 0.15) is 91.7 Å². The van der Waals surface area contributed by atoms with E-state index < -0.39 is 6.17 Å². The largest absolute Gasteiger partial charge is 0.310 e. The molecule has 1 aliphatic heterocycles. The first-order chi connectivity index (χ1) is 15.0. The molecular weight excluding hydrogens is 393 g/mol. The molecule has 2 atom stereocenters. The fourth-order valence-electron chi connectivity index (χ4n) is 3.16. The SMILES string of the molecule is C=C(CC(F)CC)C1=C(C)CCNC1C.C=CC(=C)C.CC.Cc1ccc(C(C)C)cc1. The van der Waals surface area contributed by atoms with Crippen molar-refractivity contribution in [3.8, 4) is 0 Å². The normalized spacial score (nSPS) is 15.8. The molecule has 0 saturated carbocycles. The van der Waals surface area contributed by atoms with Gasteiger partial charge < -0.3 is 5.32 Å². The molecule has 0 aliphatic carbocycles. The molecule has 1 N–H and O–H groups in total. The molecule has 1 aromatic carbocycles. The maximum atomic E-state index is 13.3. The van der Waals surface area contributed by atoms with Gasteiger partial charge in [-0.15, -0.1) is 0 Å². The fourth-order valence-corrected chi connectivity index (χ4v) is 3.16. The highest BCUT2D eigenvalue weighted by atomic mass is 19.1. The molecule has 32 heavy (non-hydrogen) atoms. The smallest absolute Gasteiger partial charge is 0.104 e. The second-order valence-electron chi connectivity index (χ2n) is 8.55. The number of halogens is 1. The van der Waals surface area contributed by atoms with Crippen molar-refractivity contribution in [3.63, 3.8) is 0 Å². The molecule has 0 fully saturated rings. The lowest BCUT2D eigenvalue weighted by Crippen LogP contribution is -2.34. The average molecular weight is 444 g/mol. The number of allylic oxidation sites excluding steroid dienone is 2. The van der Waals surface area contributed by atoms with Crippen molar-refractivity contribution in [2.24, 2.45) is 0 Å². The lowest BCUT2D eigenvalue weighted by atomic mass is 9.88.